The normalized spacial score (nSPS) is 14.1. The zero-order chi connectivity index (χ0) is 16.9. The first-order valence-corrected chi connectivity index (χ1v) is 8.81. The number of benzene rings is 1. The number of nitrogens with one attached hydrogen (secondary N) is 1. The molecule has 0 amide bonds. The van der Waals surface area contributed by atoms with Gasteiger partial charge in [0.15, 0.2) is 5.96 Å². The number of guanidine groups is 1. The minimum Gasteiger partial charge on any atom is -0.370 e. The maximum atomic E-state index is 6.11. The molecule has 0 unspecified atom stereocenters. The van der Waals surface area contributed by atoms with Crippen molar-refractivity contribution in [3.8, 4) is 0 Å². The Morgan fingerprint density at radius 1 is 1.32 bits per heavy atom. The van der Waals surface area contributed by atoms with Crippen molar-refractivity contribution < 1.29 is 0 Å². The quantitative estimate of drug-likeness (QED) is 0.409. The molecule has 3 rings (SSSR count). The summed E-state index contributed by atoms with van der Waals surface area (Å²) in [7, 11) is 0. The topological polar surface area (TPSA) is 68.2 Å². The van der Waals surface area contributed by atoms with Crippen LogP contribution >= 0.6 is 24.0 Å². The molecule has 6 heteroatoms. The number of halogens is 1. The minimum atomic E-state index is 0. The number of aromatic nitrogens is 2. The molecule has 1 aromatic heterocycles. The second kappa shape index (κ2) is 9.22. The Hall–Kier alpha value is -1.57. The standard InChI is InChI=1S/C19H27N5.HI/c1-14(2)13-24-11-10-21-18(24)12-22-19(20)23-17-9-5-7-15-6-3-4-8-16(15)17;/h5,7,9-11,14H,3-4,6,8,12-13H2,1-2H3,(H3,20,22,23);1H. The van der Waals surface area contributed by atoms with E-state index in [1.54, 1.807) is 0 Å². The molecule has 5 nitrogen and oxygen atoms in total. The van der Waals surface area contributed by atoms with Gasteiger partial charge in [-0.15, -0.1) is 24.0 Å². The third-order valence-electron chi connectivity index (χ3n) is 4.41. The molecule has 0 atom stereocenters. The Labute approximate surface area is 167 Å². The van der Waals surface area contributed by atoms with E-state index in [9.17, 15) is 0 Å². The van der Waals surface area contributed by atoms with Crippen molar-refractivity contribution in [2.75, 3.05) is 5.32 Å². The van der Waals surface area contributed by atoms with Gasteiger partial charge in [0.05, 0.1) is 0 Å². The van der Waals surface area contributed by atoms with E-state index in [2.05, 4.69) is 51.9 Å². The monoisotopic (exact) mass is 453 g/mol. The second-order valence-corrected chi connectivity index (χ2v) is 6.87. The van der Waals surface area contributed by atoms with Crippen LogP contribution in [-0.2, 0) is 25.9 Å². The highest BCUT2D eigenvalue weighted by atomic mass is 127. The number of rotatable bonds is 5. The summed E-state index contributed by atoms with van der Waals surface area (Å²) in [5.74, 6) is 1.98. The molecule has 1 aliphatic carbocycles. The lowest BCUT2D eigenvalue weighted by atomic mass is 9.90. The number of fused-ring (bicyclic) bond motifs is 1. The summed E-state index contributed by atoms with van der Waals surface area (Å²) in [6.45, 7) is 5.83. The van der Waals surface area contributed by atoms with Crippen LogP contribution < -0.4 is 11.1 Å². The van der Waals surface area contributed by atoms with Gasteiger partial charge in [0.25, 0.3) is 0 Å². The molecular formula is C19H28IN5. The van der Waals surface area contributed by atoms with Crippen molar-refractivity contribution in [3.63, 3.8) is 0 Å². The van der Waals surface area contributed by atoms with Gasteiger partial charge in [-0.1, -0.05) is 26.0 Å². The molecule has 0 fully saturated rings. The number of aryl methyl sites for hydroxylation is 1. The van der Waals surface area contributed by atoms with Crippen molar-refractivity contribution in [1.82, 2.24) is 9.55 Å². The molecular weight excluding hydrogens is 425 g/mol. The predicted molar refractivity (Wildman–Crippen MR) is 115 cm³/mol. The van der Waals surface area contributed by atoms with Crippen molar-refractivity contribution in [1.29, 1.82) is 0 Å². The van der Waals surface area contributed by atoms with E-state index in [-0.39, 0.29) is 24.0 Å². The lowest BCUT2D eigenvalue weighted by Crippen LogP contribution is -2.24. The molecule has 0 saturated heterocycles. The SMILES string of the molecule is CC(C)Cn1ccnc1CN=C(N)Nc1cccc2c1CCCC2.I. The van der Waals surface area contributed by atoms with Gasteiger partial charge in [0.2, 0.25) is 0 Å². The van der Waals surface area contributed by atoms with Gasteiger partial charge >= 0.3 is 0 Å². The van der Waals surface area contributed by atoms with Gasteiger partial charge in [-0.2, -0.15) is 0 Å². The summed E-state index contributed by atoms with van der Waals surface area (Å²) in [4.78, 5) is 8.87. The van der Waals surface area contributed by atoms with Crippen LogP contribution in [0.25, 0.3) is 0 Å². The first kappa shape index (κ1) is 19.8. The summed E-state index contributed by atoms with van der Waals surface area (Å²) in [5, 5.41) is 3.28. The van der Waals surface area contributed by atoms with Gasteiger partial charge in [-0.25, -0.2) is 9.98 Å². The first-order valence-electron chi connectivity index (χ1n) is 8.81. The van der Waals surface area contributed by atoms with Crippen molar-refractivity contribution in [2.45, 2.75) is 52.6 Å². The van der Waals surface area contributed by atoms with Crippen LogP contribution in [0.2, 0.25) is 0 Å². The number of imidazole rings is 1. The fraction of sp³-hybridized carbons (Fsp3) is 0.474. The Balaban J connectivity index is 0.00000225. The van der Waals surface area contributed by atoms with Crippen molar-refractivity contribution in [3.05, 3.63) is 47.5 Å². The summed E-state index contributed by atoms with van der Waals surface area (Å²) in [6, 6.07) is 6.40. The summed E-state index contributed by atoms with van der Waals surface area (Å²) < 4.78 is 2.14. The van der Waals surface area contributed by atoms with E-state index < -0.39 is 0 Å². The molecule has 0 aliphatic heterocycles. The number of nitrogens with two attached hydrogens (primary N) is 1. The van der Waals surface area contributed by atoms with E-state index in [4.69, 9.17) is 5.73 Å². The lowest BCUT2D eigenvalue weighted by Gasteiger charge is -2.19. The largest absolute Gasteiger partial charge is 0.370 e. The van der Waals surface area contributed by atoms with Crippen LogP contribution in [0.5, 0.6) is 0 Å². The van der Waals surface area contributed by atoms with Gasteiger partial charge in [-0.3, -0.25) is 0 Å². The highest BCUT2D eigenvalue weighted by Gasteiger charge is 2.13. The molecule has 0 spiro atoms. The van der Waals surface area contributed by atoms with Gasteiger partial charge in [0.1, 0.15) is 12.4 Å². The molecule has 136 valence electrons. The predicted octanol–water partition coefficient (Wildman–Crippen LogP) is 3.96. The average molecular weight is 453 g/mol. The van der Waals surface area contributed by atoms with Gasteiger partial charge in [-0.05, 0) is 48.8 Å². The third kappa shape index (κ3) is 5.20. The number of anilines is 1. The zero-order valence-electron chi connectivity index (χ0n) is 15.0. The molecule has 1 aromatic carbocycles. The Kier molecular flexibility index (Phi) is 7.28. The van der Waals surface area contributed by atoms with E-state index in [1.165, 1.54) is 24.0 Å². The average Bonchev–Trinajstić information content (AvgIpc) is 3.00. The highest BCUT2D eigenvalue weighted by molar-refractivity contribution is 14.0. The van der Waals surface area contributed by atoms with E-state index in [0.717, 1.165) is 30.9 Å². The summed E-state index contributed by atoms with van der Waals surface area (Å²) in [6.07, 6.45) is 8.62. The Morgan fingerprint density at radius 3 is 2.92 bits per heavy atom. The maximum absolute atomic E-state index is 6.11. The Morgan fingerprint density at radius 2 is 2.12 bits per heavy atom. The third-order valence-corrected chi connectivity index (χ3v) is 4.41. The second-order valence-electron chi connectivity index (χ2n) is 6.87. The lowest BCUT2D eigenvalue weighted by molar-refractivity contribution is 0.507. The van der Waals surface area contributed by atoms with Crippen molar-refractivity contribution in [2.24, 2.45) is 16.6 Å². The molecule has 0 bridgehead atoms. The van der Waals surface area contributed by atoms with E-state index in [0.29, 0.717) is 18.4 Å². The molecule has 1 heterocycles. The molecule has 2 aromatic rings. The number of nitrogens with zero attached hydrogens (tertiary/aromatic N) is 3. The molecule has 0 saturated carbocycles. The van der Waals surface area contributed by atoms with Crippen LogP contribution in [0.3, 0.4) is 0 Å². The number of hydrogen-bond acceptors (Lipinski definition) is 2. The summed E-state index contributed by atoms with van der Waals surface area (Å²) in [5.41, 5.74) is 10.0. The molecule has 1 aliphatic rings. The van der Waals surface area contributed by atoms with Crippen LogP contribution in [0.1, 0.15) is 43.6 Å². The van der Waals surface area contributed by atoms with Crippen LogP contribution in [0, 0.1) is 5.92 Å². The highest BCUT2D eigenvalue weighted by Crippen LogP contribution is 2.27. The Bertz CT molecular complexity index is 720. The molecule has 3 N–H and O–H groups in total. The fourth-order valence-electron chi connectivity index (χ4n) is 3.28. The summed E-state index contributed by atoms with van der Waals surface area (Å²) >= 11 is 0. The molecule has 25 heavy (non-hydrogen) atoms. The molecule has 0 radical (unpaired) electrons. The maximum Gasteiger partial charge on any atom is 0.193 e. The minimum absolute atomic E-state index is 0. The van der Waals surface area contributed by atoms with E-state index in [1.807, 2.05) is 12.4 Å². The van der Waals surface area contributed by atoms with Crippen molar-refractivity contribution >= 4 is 35.6 Å². The van der Waals surface area contributed by atoms with E-state index >= 15 is 0 Å². The zero-order valence-corrected chi connectivity index (χ0v) is 17.4. The number of aliphatic imine (C=N–C) groups is 1. The van der Waals surface area contributed by atoms with Crippen LogP contribution in [0.4, 0.5) is 5.69 Å². The van der Waals surface area contributed by atoms with Crippen LogP contribution in [-0.4, -0.2) is 15.5 Å². The van der Waals surface area contributed by atoms with Crippen LogP contribution in [0.15, 0.2) is 35.6 Å². The smallest absolute Gasteiger partial charge is 0.193 e. The van der Waals surface area contributed by atoms with Gasteiger partial charge in [0, 0.05) is 24.6 Å². The number of hydrogen-bond donors (Lipinski definition) is 2. The fourth-order valence-corrected chi connectivity index (χ4v) is 3.28. The first-order chi connectivity index (χ1) is 11.6. The van der Waals surface area contributed by atoms with Gasteiger partial charge < -0.3 is 15.6 Å².